The Hall–Kier alpha value is -0.520. The van der Waals surface area contributed by atoms with Crippen LogP contribution in [-0.2, 0) is 9.53 Å². The number of carbonyl (C=O) groups is 1. The molecule has 2 N–H and O–H groups in total. The molecule has 0 aromatic heterocycles. The molecule has 0 amide bonds. The van der Waals surface area contributed by atoms with E-state index in [9.17, 15) is 4.79 Å². The first-order chi connectivity index (χ1) is 8.04. The normalized spacial score (nSPS) is 14.1. The molecule has 0 radical (unpaired) electrons. The van der Waals surface area contributed by atoms with Gasteiger partial charge in [-0.2, -0.15) is 0 Å². The van der Waals surface area contributed by atoms with E-state index in [1.807, 2.05) is 31.2 Å². The molecule has 94 valence electrons. The van der Waals surface area contributed by atoms with Gasteiger partial charge in [0.25, 0.3) is 0 Å². The Kier molecular flexibility index (Phi) is 6.02. The summed E-state index contributed by atoms with van der Waals surface area (Å²) >= 11 is 4.94. The molecule has 0 saturated heterocycles. The third kappa shape index (κ3) is 4.69. The number of halogens is 1. The van der Waals surface area contributed by atoms with E-state index >= 15 is 0 Å². The lowest BCUT2D eigenvalue weighted by Crippen LogP contribution is -2.23. The number of methoxy groups -OCH3 is 1. The second kappa shape index (κ2) is 7.03. The van der Waals surface area contributed by atoms with Gasteiger partial charge in [-0.25, -0.2) is 0 Å². The second-order valence-electron chi connectivity index (χ2n) is 3.72. The van der Waals surface area contributed by atoms with Gasteiger partial charge in [0.1, 0.15) is 0 Å². The molecule has 17 heavy (non-hydrogen) atoms. The van der Waals surface area contributed by atoms with Crippen molar-refractivity contribution in [2.75, 3.05) is 12.9 Å². The van der Waals surface area contributed by atoms with Gasteiger partial charge >= 0.3 is 5.97 Å². The molecule has 0 spiro atoms. The fourth-order valence-corrected chi connectivity index (χ4v) is 2.94. The number of ether oxygens (including phenoxy) is 1. The lowest BCUT2D eigenvalue weighted by atomic mass is 10.1. The number of hydrogen-bond donors (Lipinski definition) is 1. The topological polar surface area (TPSA) is 52.3 Å². The van der Waals surface area contributed by atoms with Gasteiger partial charge in [-0.05, 0) is 24.6 Å². The van der Waals surface area contributed by atoms with Crippen molar-refractivity contribution < 1.29 is 9.53 Å². The second-order valence-corrected chi connectivity index (χ2v) is 5.77. The molecule has 0 heterocycles. The summed E-state index contributed by atoms with van der Waals surface area (Å²) in [6, 6.07) is 7.95. The fraction of sp³-hybridized carbons (Fsp3) is 0.417. The van der Waals surface area contributed by atoms with Crippen LogP contribution in [0, 0.1) is 0 Å². The number of rotatable bonds is 5. The van der Waals surface area contributed by atoms with Gasteiger partial charge in [0, 0.05) is 15.8 Å². The molecule has 1 aromatic carbocycles. The Morgan fingerprint density at radius 3 is 2.82 bits per heavy atom. The third-order valence-corrected chi connectivity index (χ3v) is 4.22. The molecule has 1 rings (SSSR count). The number of nitrogens with two attached hydrogens (primary N) is 1. The maximum atomic E-state index is 11.1. The number of hydrogen-bond acceptors (Lipinski definition) is 4. The van der Waals surface area contributed by atoms with E-state index in [1.54, 1.807) is 0 Å². The van der Waals surface area contributed by atoms with Crippen LogP contribution in [0.3, 0.4) is 0 Å². The Bertz CT molecular complexity index is 385. The van der Waals surface area contributed by atoms with Gasteiger partial charge in [-0.1, -0.05) is 28.1 Å². The van der Waals surface area contributed by atoms with Crippen LogP contribution >= 0.6 is 27.7 Å². The highest BCUT2D eigenvalue weighted by Gasteiger charge is 2.18. The van der Waals surface area contributed by atoms with Crippen molar-refractivity contribution in [2.45, 2.75) is 18.2 Å². The van der Waals surface area contributed by atoms with E-state index in [2.05, 4.69) is 20.7 Å². The standard InChI is InChI=1S/C12H16BrNO2S/c1-8(14)12(17-7-11(15)16-2)9-4-3-5-10(13)6-9/h3-6,8,12H,7,14H2,1-2H3. The molecule has 2 unspecified atom stereocenters. The van der Waals surface area contributed by atoms with E-state index in [4.69, 9.17) is 5.73 Å². The Morgan fingerprint density at radius 1 is 1.59 bits per heavy atom. The first kappa shape index (κ1) is 14.5. The summed E-state index contributed by atoms with van der Waals surface area (Å²) in [5.74, 6) is 0.0884. The van der Waals surface area contributed by atoms with E-state index < -0.39 is 0 Å². The summed E-state index contributed by atoms with van der Waals surface area (Å²) in [5, 5.41) is 0.0894. The minimum atomic E-state index is -0.226. The van der Waals surface area contributed by atoms with Crippen LogP contribution in [-0.4, -0.2) is 24.9 Å². The molecule has 3 nitrogen and oxygen atoms in total. The van der Waals surface area contributed by atoms with Gasteiger partial charge in [-0.3, -0.25) is 4.79 Å². The summed E-state index contributed by atoms with van der Waals surface area (Å²) in [5.41, 5.74) is 7.07. The molecule has 0 bridgehead atoms. The zero-order valence-electron chi connectivity index (χ0n) is 9.85. The molecular formula is C12H16BrNO2S. The van der Waals surface area contributed by atoms with Crippen molar-refractivity contribution in [3.05, 3.63) is 34.3 Å². The number of thioether (sulfide) groups is 1. The monoisotopic (exact) mass is 317 g/mol. The summed E-state index contributed by atoms with van der Waals surface area (Å²) < 4.78 is 5.64. The van der Waals surface area contributed by atoms with Crippen LogP contribution in [0.2, 0.25) is 0 Å². The lowest BCUT2D eigenvalue weighted by molar-refractivity contribution is -0.137. The zero-order valence-corrected chi connectivity index (χ0v) is 12.3. The van der Waals surface area contributed by atoms with Gasteiger partial charge in [0.15, 0.2) is 0 Å². The van der Waals surface area contributed by atoms with Crippen LogP contribution in [0.4, 0.5) is 0 Å². The van der Waals surface area contributed by atoms with Gasteiger partial charge in [0.2, 0.25) is 0 Å². The Balaban J connectivity index is 2.75. The first-order valence-corrected chi connectivity index (χ1v) is 7.08. The summed E-state index contributed by atoms with van der Waals surface area (Å²) in [7, 11) is 1.39. The maximum Gasteiger partial charge on any atom is 0.315 e. The van der Waals surface area contributed by atoms with E-state index in [1.165, 1.54) is 18.9 Å². The summed E-state index contributed by atoms with van der Waals surface area (Å²) in [6.07, 6.45) is 0. The maximum absolute atomic E-state index is 11.1. The van der Waals surface area contributed by atoms with Gasteiger partial charge in [0.05, 0.1) is 12.9 Å². The summed E-state index contributed by atoms with van der Waals surface area (Å²) in [6.45, 7) is 1.94. The molecule has 0 aliphatic heterocycles. The number of benzene rings is 1. The van der Waals surface area contributed by atoms with Crippen LogP contribution in [0.1, 0.15) is 17.7 Å². The van der Waals surface area contributed by atoms with Crippen molar-refractivity contribution in [3.8, 4) is 0 Å². The predicted octanol–water partition coefficient (Wildman–Crippen LogP) is 2.74. The molecule has 0 aliphatic rings. The smallest absolute Gasteiger partial charge is 0.315 e. The largest absolute Gasteiger partial charge is 0.468 e. The van der Waals surface area contributed by atoms with Crippen LogP contribution in [0.15, 0.2) is 28.7 Å². The average molecular weight is 318 g/mol. The Morgan fingerprint density at radius 2 is 2.29 bits per heavy atom. The first-order valence-electron chi connectivity index (χ1n) is 5.24. The third-order valence-electron chi connectivity index (χ3n) is 2.26. The highest BCUT2D eigenvalue weighted by atomic mass is 79.9. The van der Waals surface area contributed by atoms with Crippen molar-refractivity contribution in [1.29, 1.82) is 0 Å². The van der Waals surface area contributed by atoms with Crippen molar-refractivity contribution >= 4 is 33.7 Å². The average Bonchev–Trinajstić information content (AvgIpc) is 2.28. The quantitative estimate of drug-likeness (QED) is 0.848. The van der Waals surface area contributed by atoms with Crippen LogP contribution in [0.25, 0.3) is 0 Å². The van der Waals surface area contributed by atoms with Crippen molar-refractivity contribution in [2.24, 2.45) is 5.73 Å². The molecule has 0 fully saturated rings. The molecule has 2 atom stereocenters. The van der Waals surface area contributed by atoms with E-state index in [0.717, 1.165) is 10.0 Å². The summed E-state index contributed by atoms with van der Waals surface area (Å²) in [4.78, 5) is 11.1. The van der Waals surface area contributed by atoms with Crippen LogP contribution < -0.4 is 5.73 Å². The number of carbonyl (C=O) groups excluding carboxylic acids is 1. The van der Waals surface area contributed by atoms with Crippen molar-refractivity contribution in [1.82, 2.24) is 0 Å². The molecular weight excluding hydrogens is 302 g/mol. The fourth-order valence-electron chi connectivity index (χ4n) is 1.45. The highest BCUT2D eigenvalue weighted by Crippen LogP contribution is 2.32. The highest BCUT2D eigenvalue weighted by molar-refractivity contribution is 9.10. The van der Waals surface area contributed by atoms with Gasteiger partial charge in [-0.15, -0.1) is 11.8 Å². The van der Waals surface area contributed by atoms with E-state index in [0.29, 0.717) is 5.75 Å². The molecule has 0 aliphatic carbocycles. The number of esters is 1. The zero-order chi connectivity index (χ0) is 12.8. The molecule has 5 heteroatoms. The van der Waals surface area contributed by atoms with E-state index in [-0.39, 0.29) is 17.3 Å². The predicted molar refractivity (Wildman–Crippen MR) is 75.0 cm³/mol. The lowest BCUT2D eigenvalue weighted by Gasteiger charge is -2.20. The Labute approximate surface area is 114 Å². The minimum Gasteiger partial charge on any atom is -0.468 e. The molecule has 1 aromatic rings. The van der Waals surface area contributed by atoms with Crippen LogP contribution in [0.5, 0.6) is 0 Å². The van der Waals surface area contributed by atoms with Crippen molar-refractivity contribution in [3.63, 3.8) is 0 Å². The van der Waals surface area contributed by atoms with Gasteiger partial charge < -0.3 is 10.5 Å². The molecule has 0 saturated carbocycles. The minimum absolute atomic E-state index is 0.0287. The SMILES string of the molecule is COC(=O)CSC(c1cccc(Br)c1)C(C)N.